The van der Waals surface area contributed by atoms with Gasteiger partial charge in [0.1, 0.15) is 0 Å². The molecule has 2 amide bonds. The van der Waals surface area contributed by atoms with Crippen LogP contribution < -0.4 is 14.8 Å². The molecule has 2 fully saturated rings. The van der Waals surface area contributed by atoms with Crippen LogP contribution in [0.25, 0.3) is 0 Å². The predicted molar refractivity (Wildman–Crippen MR) is 92.5 cm³/mol. The number of fused-ring (bicyclic) bond motifs is 1. The maximum atomic E-state index is 12.5. The Bertz CT molecular complexity index is 664. The standard InChI is InChI=1S/C18H25N3O4/c1-12(22)19-14-7-15-10-20(11-18(23)21(15)9-14)8-13-4-5-16(24-2)17(6-13)25-3/h4-6,14-15H,7-11H2,1-3H3,(H,19,22)/t14-,15-/m0/s1. The molecule has 0 bridgehead atoms. The average Bonchev–Trinajstić information content (AvgIpc) is 2.96. The first-order chi connectivity index (χ1) is 12.0. The minimum atomic E-state index is -0.0421. The lowest BCUT2D eigenvalue weighted by molar-refractivity contribution is -0.138. The summed E-state index contributed by atoms with van der Waals surface area (Å²) in [6, 6.07) is 6.05. The molecule has 136 valence electrons. The van der Waals surface area contributed by atoms with Crippen LogP contribution in [0, 0.1) is 0 Å². The molecule has 0 aliphatic carbocycles. The lowest BCUT2D eigenvalue weighted by Gasteiger charge is -2.36. The minimum absolute atomic E-state index is 0.0421. The highest BCUT2D eigenvalue weighted by molar-refractivity contribution is 5.80. The second-order valence-corrected chi connectivity index (χ2v) is 6.69. The fourth-order valence-electron chi connectivity index (χ4n) is 3.79. The quantitative estimate of drug-likeness (QED) is 0.846. The van der Waals surface area contributed by atoms with Crippen molar-refractivity contribution in [2.75, 3.05) is 33.9 Å². The Morgan fingerprint density at radius 1 is 1.24 bits per heavy atom. The van der Waals surface area contributed by atoms with Crippen molar-refractivity contribution < 1.29 is 19.1 Å². The smallest absolute Gasteiger partial charge is 0.237 e. The third-order valence-electron chi connectivity index (χ3n) is 4.82. The largest absolute Gasteiger partial charge is 0.493 e. The molecular formula is C18H25N3O4. The van der Waals surface area contributed by atoms with Gasteiger partial charge >= 0.3 is 0 Å². The molecule has 2 heterocycles. The summed E-state index contributed by atoms with van der Waals surface area (Å²) in [5.74, 6) is 1.47. The van der Waals surface area contributed by atoms with Crippen LogP contribution in [0.15, 0.2) is 18.2 Å². The molecular weight excluding hydrogens is 322 g/mol. The number of rotatable bonds is 5. The molecule has 0 radical (unpaired) electrons. The third kappa shape index (κ3) is 3.87. The molecule has 1 aromatic rings. The van der Waals surface area contributed by atoms with Gasteiger partial charge in [0.25, 0.3) is 0 Å². The van der Waals surface area contributed by atoms with Crippen LogP contribution in [0.2, 0.25) is 0 Å². The van der Waals surface area contributed by atoms with E-state index in [4.69, 9.17) is 9.47 Å². The summed E-state index contributed by atoms with van der Waals surface area (Å²) >= 11 is 0. The summed E-state index contributed by atoms with van der Waals surface area (Å²) in [7, 11) is 3.23. The number of benzene rings is 1. The molecule has 2 aliphatic heterocycles. The fourth-order valence-corrected chi connectivity index (χ4v) is 3.79. The van der Waals surface area contributed by atoms with Gasteiger partial charge in [-0.2, -0.15) is 0 Å². The molecule has 0 unspecified atom stereocenters. The third-order valence-corrected chi connectivity index (χ3v) is 4.82. The average molecular weight is 347 g/mol. The zero-order valence-corrected chi connectivity index (χ0v) is 14.9. The summed E-state index contributed by atoms with van der Waals surface area (Å²) in [4.78, 5) is 27.8. The van der Waals surface area contributed by atoms with E-state index in [-0.39, 0.29) is 23.9 Å². The summed E-state index contributed by atoms with van der Waals surface area (Å²) in [6.45, 7) is 4.03. The van der Waals surface area contributed by atoms with Crippen LogP contribution in [0.1, 0.15) is 18.9 Å². The topological polar surface area (TPSA) is 71.1 Å². The molecule has 2 atom stereocenters. The number of ether oxygens (including phenoxy) is 2. The van der Waals surface area contributed by atoms with Gasteiger partial charge in [-0.1, -0.05) is 6.07 Å². The highest BCUT2D eigenvalue weighted by atomic mass is 16.5. The molecule has 0 spiro atoms. The summed E-state index contributed by atoms with van der Waals surface area (Å²) < 4.78 is 10.6. The molecule has 0 aromatic heterocycles. The number of hydrogen-bond donors (Lipinski definition) is 1. The van der Waals surface area contributed by atoms with Crippen LogP contribution in [-0.2, 0) is 16.1 Å². The molecule has 7 nitrogen and oxygen atoms in total. The van der Waals surface area contributed by atoms with Gasteiger partial charge in [-0.3, -0.25) is 14.5 Å². The number of methoxy groups -OCH3 is 2. The van der Waals surface area contributed by atoms with E-state index in [0.717, 1.165) is 18.5 Å². The second-order valence-electron chi connectivity index (χ2n) is 6.69. The number of nitrogens with one attached hydrogen (secondary N) is 1. The van der Waals surface area contributed by atoms with Crippen molar-refractivity contribution in [1.82, 2.24) is 15.1 Å². The number of carbonyl (C=O) groups is 2. The number of piperazine rings is 1. The van der Waals surface area contributed by atoms with Gasteiger partial charge in [-0.15, -0.1) is 0 Å². The SMILES string of the molecule is COc1ccc(CN2CC(=O)N3C[C@@H](NC(C)=O)C[C@H]3C2)cc1OC. The van der Waals surface area contributed by atoms with Crippen LogP contribution in [0.4, 0.5) is 0 Å². The van der Waals surface area contributed by atoms with Gasteiger partial charge in [-0.25, -0.2) is 0 Å². The van der Waals surface area contributed by atoms with E-state index in [9.17, 15) is 9.59 Å². The Morgan fingerprint density at radius 2 is 2.00 bits per heavy atom. The van der Waals surface area contributed by atoms with Crippen LogP contribution in [0.5, 0.6) is 11.5 Å². The van der Waals surface area contributed by atoms with Gasteiger partial charge in [0, 0.05) is 38.6 Å². The van der Waals surface area contributed by atoms with Gasteiger partial charge in [0.2, 0.25) is 11.8 Å². The van der Waals surface area contributed by atoms with E-state index in [1.54, 1.807) is 14.2 Å². The number of amides is 2. The Balaban J connectivity index is 1.65. The van der Waals surface area contributed by atoms with Crippen LogP contribution in [0.3, 0.4) is 0 Å². The Kier molecular flexibility index (Phi) is 5.13. The predicted octanol–water partition coefficient (Wildman–Crippen LogP) is 0.625. The van der Waals surface area contributed by atoms with Gasteiger partial charge in [-0.05, 0) is 24.1 Å². The molecule has 1 aromatic carbocycles. The molecule has 2 aliphatic rings. The first-order valence-electron chi connectivity index (χ1n) is 8.50. The number of hydrogen-bond acceptors (Lipinski definition) is 5. The first kappa shape index (κ1) is 17.5. The summed E-state index contributed by atoms with van der Waals surface area (Å²) in [5, 5.41) is 2.93. The maximum Gasteiger partial charge on any atom is 0.237 e. The Morgan fingerprint density at radius 3 is 2.68 bits per heavy atom. The number of carbonyl (C=O) groups excluding carboxylic acids is 2. The van der Waals surface area contributed by atoms with Gasteiger partial charge in [0.05, 0.1) is 20.8 Å². The summed E-state index contributed by atoms with van der Waals surface area (Å²) in [5.41, 5.74) is 1.08. The van der Waals surface area contributed by atoms with E-state index in [2.05, 4.69) is 10.2 Å². The van der Waals surface area contributed by atoms with Crippen molar-refractivity contribution in [2.24, 2.45) is 0 Å². The zero-order chi connectivity index (χ0) is 18.0. The van der Waals surface area contributed by atoms with E-state index < -0.39 is 0 Å². The lowest BCUT2D eigenvalue weighted by Crippen LogP contribution is -2.53. The van der Waals surface area contributed by atoms with E-state index in [1.807, 2.05) is 23.1 Å². The Hall–Kier alpha value is -2.28. The normalized spacial score (nSPS) is 23.3. The second kappa shape index (κ2) is 7.31. The highest BCUT2D eigenvalue weighted by Gasteiger charge is 2.40. The Labute approximate surface area is 147 Å². The molecule has 25 heavy (non-hydrogen) atoms. The fraction of sp³-hybridized carbons (Fsp3) is 0.556. The van der Waals surface area contributed by atoms with Crippen LogP contribution in [-0.4, -0.2) is 67.6 Å². The van der Waals surface area contributed by atoms with E-state index in [1.165, 1.54) is 6.92 Å². The van der Waals surface area contributed by atoms with Crippen molar-refractivity contribution in [1.29, 1.82) is 0 Å². The maximum absolute atomic E-state index is 12.5. The van der Waals surface area contributed by atoms with Crippen molar-refractivity contribution in [3.63, 3.8) is 0 Å². The van der Waals surface area contributed by atoms with Gasteiger partial charge < -0.3 is 19.7 Å². The molecule has 7 heteroatoms. The van der Waals surface area contributed by atoms with E-state index >= 15 is 0 Å². The first-order valence-corrected chi connectivity index (χ1v) is 8.50. The van der Waals surface area contributed by atoms with Crippen molar-refractivity contribution >= 4 is 11.8 Å². The van der Waals surface area contributed by atoms with Gasteiger partial charge in [0.15, 0.2) is 11.5 Å². The molecule has 1 N–H and O–H groups in total. The van der Waals surface area contributed by atoms with Crippen molar-refractivity contribution in [3.05, 3.63) is 23.8 Å². The van der Waals surface area contributed by atoms with E-state index in [0.29, 0.717) is 31.1 Å². The van der Waals surface area contributed by atoms with Crippen LogP contribution >= 0.6 is 0 Å². The monoisotopic (exact) mass is 347 g/mol. The molecule has 0 saturated carbocycles. The highest BCUT2D eigenvalue weighted by Crippen LogP contribution is 2.29. The number of nitrogens with zero attached hydrogens (tertiary/aromatic N) is 2. The zero-order valence-electron chi connectivity index (χ0n) is 14.9. The summed E-state index contributed by atoms with van der Waals surface area (Å²) in [6.07, 6.45) is 0.813. The van der Waals surface area contributed by atoms with Crippen molar-refractivity contribution in [2.45, 2.75) is 32.0 Å². The molecule has 3 rings (SSSR count). The molecule has 2 saturated heterocycles. The minimum Gasteiger partial charge on any atom is -0.493 e. The lowest BCUT2D eigenvalue weighted by atomic mass is 10.1. The van der Waals surface area contributed by atoms with Crippen molar-refractivity contribution in [3.8, 4) is 11.5 Å².